The average molecular weight is 453 g/mol. The molecule has 1 aromatic heterocycles. The highest BCUT2D eigenvalue weighted by molar-refractivity contribution is 7.88. The van der Waals surface area contributed by atoms with Crippen LogP contribution in [-0.2, 0) is 30.8 Å². The maximum absolute atomic E-state index is 12.5. The number of pyridine rings is 1. The third-order valence-electron chi connectivity index (χ3n) is 4.86. The van der Waals surface area contributed by atoms with Gasteiger partial charge in [0.2, 0.25) is 15.9 Å². The van der Waals surface area contributed by atoms with Gasteiger partial charge in [-0.2, -0.15) is 13.2 Å². The molecule has 2 saturated heterocycles. The molecule has 0 aromatic carbocycles. The van der Waals surface area contributed by atoms with Crippen LogP contribution in [-0.4, -0.2) is 80.6 Å². The van der Waals surface area contributed by atoms with E-state index in [9.17, 15) is 26.4 Å². The van der Waals surface area contributed by atoms with E-state index in [4.69, 9.17) is 14.6 Å². The Morgan fingerprint density at radius 3 is 2.60 bits per heavy atom. The van der Waals surface area contributed by atoms with Crippen LogP contribution in [0, 0.1) is 11.3 Å². The number of nitrogens with one attached hydrogen (secondary N) is 1. The highest BCUT2D eigenvalue weighted by Crippen LogP contribution is 2.41. The molecule has 0 saturated carbocycles. The van der Waals surface area contributed by atoms with Gasteiger partial charge in [0.1, 0.15) is 0 Å². The Bertz CT molecular complexity index is 865. The summed E-state index contributed by atoms with van der Waals surface area (Å²) in [6.07, 6.45) is -2.00. The van der Waals surface area contributed by atoms with Gasteiger partial charge in [0.15, 0.2) is 0 Å². The second-order valence-electron chi connectivity index (χ2n) is 7.24. The number of carboxylic acids is 1. The van der Waals surface area contributed by atoms with Gasteiger partial charge in [-0.3, -0.25) is 9.78 Å². The van der Waals surface area contributed by atoms with Crippen molar-refractivity contribution in [1.29, 1.82) is 0 Å². The van der Waals surface area contributed by atoms with E-state index in [1.807, 2.05) is 23.1 Å². The van der Waals surface area contributed by atoms with Gasteiger partial charge in [0.05, 0.1) is 25.9 Å². The molecule has 2 aliphatic rings. The normalized spacial score (nSPS) is 23.5. The zero-order valence-corrected chi connectivity index (χ0v) is 16.9. The molecule has 2 N–H and O–H groups in total. The predicted octanol–water partition coefficient (Wildman–Crippen LogP) is 0.282. The van der Waals surface area contributed by atoms with E-state index in [1.165, 1.54) is 0 Å². The number of rotatable bonds is 5. The first-order chi connectivity index (χ1) is 13.8. The van der Waals surface area contributed by atoms with Crippen LogP contribution in [0.15, 0.2) is 24.4 Å². The summed E-state index contributed by atoms with van der Waals surface area (Å²) in [4.78, 5) is 27.4. The lowest BCUT2D eigenvalue weighted by Crippen LogP contribution is -2.43. The van der Waals surface area contributed by atoms with E-state index in [1.54, 1.807) is 6.20 Å². The van der Waals surface area contributed by atoms with Crippen molar-refractivity contribution in [3.63, 3.8) is 0 Å². The van der Waals surface area contributed by atoms with Gasteiger partial charge in [-0.25, -0.2) is 17.9 Å². The molecular weight excluding hydrogens is 431 g/mol. The molecule has 0 radical (unpaired) electrons. The van der Waals surface area contributed by atoms with Crippen LogP contribution in [0.4, 0.5) is 13.2 Å². The monoisotopic (exact) mass is 453 g/mol. The average Bonchev–Trinajstić information content (AvgIpc) is 3.17. The maximum atomic E-state index is 12.5. The summed E-state index contributed by atoms with van der Waals surface area (Å²) < 4.78 is 62.6. The third-order valence-corrected chi connectivity index (χ3v) is 5.53. The molecular formula is C17H22F3N3O6S. The fourth-order valence-corrected chi connectivity index (χ4v) is 3.87. The van der Waals surface area contributed by atoms with Crippen molar-refractivity contribution in [2.75, 3.05) is 39.1 Å². The van der Waals surface area contributed by atoms with E-state index >= 15 is 0 Å². The number of carboxylic acid groups (broad SMARTS) is 1. The largest absolute Gasteiger partial charge is 0.490 e. The van der Waals surface area contributed by atoms with Crippen LogP contribution in [0.5, 0.6) is 0 Å². The first-order valence-corrected chi connectivity index (χ1v) is 10.7. The number of ether oxygens (including phenoxy) is 1. The number of aromatic nitrogens is 1. The minimum absolute atomic E-state index is 0.0248. The zero-order chi connectivity index (χ0) is 22.6. The minimum Gasteiger partial charge on any atom is -0.475 e. The Hall–Kier alpha value is -2.25. The van der Waals surface area contributed by atoms with Gasteiger partial charge in [0.25, 0.3) is 0 Å². The molecule has 1 amide bonds. The fraction of sp³-hybridized carbons (Fsp3) is 0.588. The van der Waals surface area contributed by atoms with Crippen LogP contribution in [0.1, 0.15) is 5.69 Å². The van der Waals surface area contributed by atoms with Gasteiger partial charge >= 0.3 is 12.1 Å². The first kappa shape index (κ1) is 24.0. The van der Waals surface area contributed by atoms with Crippen LogP contribution in [0.3, 0.4) is 0 Å². The van der Waals surface area contributed by atoms with E-state index in [-0.39, 0.29) is 23.7 Å². The van der Waals surface area contributed by atoms with E-state index < -0.39 is 22.2 Å². The van der Waals surface area contributed by atoms with Gasteiger partial charge in [-0.15, -0.1) is 0 Å². The molecule has 9 nitrogen and oxygen atoms in total. The number of alkyl halides is 3. The van der Waals surface area contributed by atoms with E-state index in [2.05, 4.69) is 9.71 Å². The number of halogens is 3. The van der Waals surface area contributed by atoms with Crippen molar-refractivity contribution >= 4 is 21.9 Å². The van der Waals surface area contributed by atoms with Gasteiger partial charge in [-0.1, -0.05) is 6.07 Å². The molecule has 0 bridgehead atoms. The third kappa shape index (κ3) is 6.64. The molecule has 3 rings (SSSR count). The number of likely N-dealkylation sites (tertiary alicyclic amines) is 1. The lowest BCUT2D eigenvalue weighted by atomic mass is 9.81. The van der Waals surface area contributed by atoms with Crippen molar-refractivity contribution < 1.29 is 41.0 Å². The van der Waals surface area contributed by atoms with Crippen LogP contribution >= 0.6 is 0 Å². The van der Waals surface area contributed by atoms with Gasteiger partial charge in [0, 0.05) is 42.9 Å². The van der Waals surface area contributed by atoms with Crippen molar-refractivity contribution in [2.24, 2.45) is 11.3 Å². The number of carbonyl (C=O) groups is 2. The summed E-state index contributed by atoms with van der Waals surface area (Å²) in [5, 5.41) is 7.12. The number of nitrogens with zero attached hydrogens (tertiary/aromatic N) is 2. The van der Waals surface area contributed by atoms with Crippen molar-refractivity contribution in [2.45, 2.75) is 12.6 Å². The molecule has 2 aliphatic heterocycles. The number of amides is 1. The number of fused-ring (bicyclic) bond motifs is 1. The van der Waals surface area contributed by atoms with E-state index in [0.717, 1.165) is 11.9 Å². The summed E-state index contributed by atoms with van der Waals surface area (Å²) in [7, 11) is -3.26. The fourth-order valence-electron chi connectivity index (χ4n) is 3.32. The van der Waals surface area contributed by atoms with Crippen LogP contribution < -0.4 is 4.72 Å². The number of aliphatic carboxylic acids is 1. The molecule has 2 atom stereocenters. The standard InChI is InChI=1S/C15H21N3O4S.C2HF3O2/c1-23(20,21)17-9-15-10-18(7-12(15)8-22-11-15)14(19)6-13-4-2-3-5-16-13;3-2(4,5)1(6)7/h2-5,12,17H,6-11H2,1H3;(H,6,7)/t12-,15+;/m1./s1. The topological polar surface area (TPSA) is 126 Å². The van der Waals surface area contributed by atoms with Crippen LogP contribution in [0.2, 0.25) is 0 Å². The summed E-state index contributed by atoms with van der Waals surface area (Å²) in [5.74, 6) is -2.56. The molecule has 2 fully saturated rings. The Kier molecular flexibility index (Phi) is 7.42. The Labute approximate surface area is 171 Å². The van der Waals surface area contributed by atoms with Crippen LogP contribution in [0.25, 0.3) is 0 Å². The molecule has 30 heavy (non-hydrogen) atoms. The Morgan fingerprint density at radius 1 is 1.40 bits per heavy atom. The maximum Gasteiger partial charge on any atom is 0.490 e. The molecule has 1 aromatic rings. The summed E-state index contributed by atoms with van der Waals surface area (Å²) in [5.41, 5.74) is 0.428. The van der Waals surface area contributed by atoms with E-state index in [0.29, 0.717) is 32.8 Å². The summed E-state index contributed by atoms with van der Waals surface area (Å²) in [6.45, 7) is 2.49. The molecule has 168 valence electrons. The number of sulfonamides is 1. The lowest BCUT2D eigenvalue weighted by Gasteiger charge is -2.27. The predicted molar refractivity (Wildman–Crippen MR) is 97.8 cm³/mol. The van der Waals surface area contributed by atoms with Gasteiger partial charge < -0.3 is 14.7 Å². The minimum atomic E-state index is -5.08. The quantitative estimate of drug-likeness (QED) is 0.656. The number of hydrogen-bond acceptors (Lipinski definition) is 6. The highest BCUT2D eigenvalue weighted by atomic mass is 32.2. The second kappa shape index (κ2) is 9.27. The first-order valence-electron chi connectivity index (χ1n) is 8.82. The molecule has 3 heterocycles. The molecule has 13 heteroatoms. The van der Waals surface area contributed by atoms with Crippen molar-refractivity contribution in [1.82, 2.24) is 14.6 Å². The molecule has 0 unspecified atom stereocenters. The van der Waals surface area contributed by atoms with Gasteiger partial charge in [-0.05, 0) is 12.1 Å². The molecule has 0 aliphatic carbocycles. The van der Waals surface area contributed by atoms with Crippen molar-refractivity contribution in [3.8, 4) is 0 Å². The summed E-state index contributed by atoms with van der Waals surface area (Å²) >= 11 is 0. The highest BCUT2D eigenvalue weighted by Gasteiger charge is 2.51. The van der Waals surface area contributed by atoms with Crippen molar-refractivity contribution in [3.05, 3.63) is 30.1 Å². The molecule has 0 spiro atoms. The SMILES string of the molecule is CS(=O)(=O)NC[C@]12COC[C@H]1CN(C(=O)Cc1ccccn1)C2.O=C(O)C(F)(F)F. The number of hydrogen-bond donors (Lipinski definition) is 2. The number of carbonyl (C=O) groups excluding carboxylic acids is 1. The Morgan fingerprint density at radius 2 is 2.07 bits per heavy atom. The lowest BCUT2D eigenvalue weighted by molar-refractivity contribution is -0.192. The smallest absolute Gasteiger partial charge is 0.475 e. The second-order valence-corrected chi connectivity index (χ2v) is 9.08. The zero-order valence-electron chi connectivity index (χ0n) is 16.1. The Balaban J connectivity index is 0.000000396. The summed E-state index contributed by atoms with van der Waals surface area (Å²) in [6, 6.07) is 5.51.